The van der Waals surface area contributed by atoms with E-state index in [1.54, 1.807) is 12.4 Å². The van der Waals surface area contributed by atoms with Crippen LogP contribution in [0.15, 0.2) is 24.5 Å². The number of rotatable bonds is 5. The van der Waals surface area contributed by atoms with Gasteiger partial charge in [0.25, 0.3) is 0 Å². The number of nitrogens with zero attached hydrogens (tertiary/aromatic N) is 6. The van der Waals surface area contributed by atoms with E-state index >= 15 is 0 Å². The molecule has 2 aromatic rings. The van der Waals surface area contributed by atoms with E-state index in [1.165, 1.54) is 0 Å². The van der Waals surface area contributed by atoms with Crippen molar-refractivity contribution in [1.29, 1.82) is 5.26 Å². The van der Waals surface area contributed by atoms with Crippen LogP contribution in [0.25, 0.3) is 0 Å². The van der Waals surface area contributed by atoms with Crippen LogP contribution in [-0.2, 0) is 0 Å². The molecule has 7 heteroatoms. The second kappa shape index (κ2) is 7.90. The highest BCUT2D eigenvalue weighted by Gasteiger charge is 2.18. The molecule has 0 unspecified atom stereocenters. The zero-order valence-electron chi connectivity index (χ0n) is 14.7. The van der Waals surface area contributed by atoms with E-state index < -0.39 is 0 Å². The Morgan fingerprint density at radius 1 is 1.16 bits per heavy atom. The van der Waals surface area contributed by atoms with Gasteiger partial charge in [-0.2, -0.15) is 5.26 Å². The van der Waals surface area contributed by atoms with Crippen LogP contribution in [-0.4, -0.2) is 59.1 Å². The van der Waals surface area contributed by atoms with Gasteiger partial charge >= 0.3 is 0 Å². The number of nitrogens with one attached hydrogen (secondary N) is 1. The van der Waals surface area contributed by atoms with E-state index in [0.717, 1.165) is 62.3 Å². The Morgan fingerprint density at radius 2 is 1.88 bits per heavy atom. The average Bonchev–Trinajstić information content (AvgIpc) is 2.63. The summed E-state index contributed by atoms with van der Waals surface area (Å²) < 4.78 is 0. The number of pyridine rings is 1. The first kappa shape index (κ1) is 17.1. The second-order valence-corrected chi connectivity index (χ2v) is 6.19. The van der Waals surface area contributed by atoms with Gasteiger partial charge in [-0.15, -0.1) is 0 Å². The molecule has 1 saturated heterocycles. The fraction of sp³-hybridized carbons (Fsp3) is 0.444. The Kier molecular flexibility index (Phi) is 5.41. The molecule has 3 rings (SSSR count). The molecule has 0 spiro atoms. The maximum absolute atomic E-state index is 9.32. The van der Waals surface area contributed by atoms with Gasteiger partial charge in [-0.25, -0.2) is 9.97 Å². The zero-order valence-corrected chi connectivity index (χ0v) is 14.7. The van der Waals surface area contributed by atoms with Crippen molar-refractivity contribution in [3.05, 3.63) is 41.5 Å². The number of piperazine rings is 1. The molecular weight excluding hydrogens is 314 g/mol. The number of aryl methyl sites for hydroxylation is 2. The summed E-state index contributed by atoms with van der Waals surface area (Å²) in [4.78, 5) is 17.6. The van der Waals surface area contributed by atoms with E-state index in [2.05, 4.69) is 36.1 Å². The summed E-state index contributed by atoms with van der Waals surface area (Å²) in [5.41, 5.74) is 3.22. The molecule has 2 aromatic heterocycles. The van der Waals surface area contributed by atoms with Crippen LogP contribution in [0.4, 0.5) is 11.6 Å². The first-order valence-electron chi connectivity index (χ1n) is 8.54. The van der Waals surface area contributed by atoms with E-state index in [-0.39, 0.29) is 0 Å². The molecule has 0 aromatic carbocycles. The van der Waals surface area contributed by atoms with Gasteiger partial charge in [0, 0.05) is 57.4 Å². The highest BCUT2D eigenvalue weighted by Crippen LogP contribution is 2.18. The number of aromatic nitrogens is 3. The molecule has 7 nitrogen and oxygen atoms in total. The van der Waals surface area contributed by atoms with Crippen molar-refractivity contribution >= 4 is 11.6 Å². The van der Waals surface area contributed by atoms with Crippen molar-refractivity contribution in [3.63, 3.8) is 0 Å². The van der Waals surface area contributed by atoms with Gasteiger partial charge in [-0.05, 0) is 26.0 Å². The molecular formula is C18H23N7. The minimum absolute atomic E-state index is 0.636. The van der Waals surface area contributed by atoms with Gasteiger partial charge in [0.15, 0.2) is 0 Å². The minimum atomic E-state index is 0.636. The van der Waals surface area contributed by atoms with Gasteiger partial charge in [0.05, 0.1) is 16.9 Å². The number of hydrogen-bond acceptors (Lipinski definition) is 7. The number of nitriles is 1. The van der Waals surface area contributed by atoms with E-state index in [0.29, 0.717) is 5.56 Å². The van der Waals surface area contributed by atoms with Crippen LogP contribution in [0.5, 0.6) is 0 Å². The van der Waals surface area contributed by atoms with E-state index in [4.69, 9.17) is 0 Å². The third-order valence-corrected chi connectivity index (χ3v) is 4.39. The minimum Gasteiger partial charge on any atom is -0.383 e. The second-order valence-electron chi connectivity index (χ2n) is 6.19. The van der Waals surface area contributed by atoms with Crippen molar-refractivity contribution in [2.75, 3.05) is 49.5 Å². The summed E-state index contributed by atoms with van der Waals surface area (Å²) in [6, 6.07) is 6.02. The lowest BCUT2D eigenvalue weighted by atomic mass is 10.1. The van der Waals surface area contributed by atoms with Crippen LogP contribution < -0.4 is 10.2 Å². The Morgan fingerprint density at radius 3 is 2.56 bits per heavy atom. The molecule has 0 saturated carbocycles. The Bertz CT molecular complexity index is 746. The molecule has 1 aliphatic rings. The molecule has 0 aliphatic carbocycles. The molecule has 0 amide bonds. The summed E-state index contributed by atoms with van der Waals surface area (Å²) >= 11 is 0. The summed E-state index contributed by atoms with van der Waals surface area (Å²) in [5.74, 6) is 0.807. The molecule has 0 bridgehead atoms. The molecule has 0 atom stereocenters. The third kappa shape index (κ3) is 4.22. The Hall–Kier alpha value is -2.72. The van der Waals surface area contributed by atoms with Gasteiger partial charge in [0.2, 0.25) is 5.95 Å². The van der Waals surface area contributed by atoms with Crippen molar-refractivity contribution in [3.8, 4) is 6.07 Å². The standard InChI is InChI=1S/C18H23N7/c1-14-12-17(16(13-19)15(2)23-14)20-6-7-24-8-10-25(11-9-24)18-21-4-3-5-22-18/h3-5,12H,6-11H2,1-2H3,(H,20,23). The first-order valence-corrected chi connectivity index (χ1v) is 8.54. The van der Waals surface area contributed by atoms with Gasteiger partial charge in [-0.3, -0.25) is 9.88 Å². The maximum atomic E-state index is 9.32. The SMILES string of the molecule is Cc1cc(NCCN2CCN(c3ncccn3)CC2)c(C#N)c(C)n1. The largest absolute Gasteiger partial charge is 0.383 e. The monoisotopic (exact) mass is 337 g/mol. The third-order valence-electron chi connectivity index (χ3n) is 4.39. The molecule has 0 radical (unpaired) electrons. The van der Waals surface area contributed by atoms with E-state index in [9.17, 15) is 5.26 Å². The van der Waals surface area contributed by atoms with Crippen molar-refractivity contribution < 1.29 is 0 Å². The van der Waals surface area contributed by atoms with E-state index in [1.807, 2.05) is 26.0 Å². The topological polar surface area (TPSA) is 81.0 Å². The summed E-state index contributed by atoms with van der Waals surface area (Å²) in [6.45, 7) is 9.40. The summed E-state index contributed by atoms with van der Waals surface area (Å²) in [6.07, 6.45) is 3.56. The zero-order chi connectivity index (χ0) is 17.6. The Labute approximate surface area is 148 Å². The van der Waals surface area contributed by atoms with Crippen LogP contribution in [0.3, 0.4) is 0 Å². The molecule has 1 N–H and O–H groups in total. The fourth-order valence-electron chi connectivity index (χ4n) is 3.08. The molecule has 1 fully saturated rings. The number of hydrogen-bond donors (Lipinski definition) is 1. The number of anilines is 2. The highest BCUT2D eigenvalue weighted by atomic mass is 15.3. The van der Waals surface area contributed by atoms with Gasteiger partial charge in [0.1, 0.15) is 6.07 Å². The van der Waals surface area contributed by atoms with Gasteiger partial charge in [-0.1, -0.05) is 0 Å². The van der Waals surface area contributed by atoms with Crippen molar-refractivity contribution in [2.45, 2.75) is 13.8 Å². The Balaban J connectivity index is 1.49. The first-order chi connectivity index (χ1) is 12.2. The maximum Gasteiger partial charge on any atom is 0.225 e. The van der Waals surface area contributed by atoms with Crippen LogP contribution in [0.2, 0.25) is 0 Å². The lowest BCUT2D eigenvalue weighted by Gasteiger charge is -2.34. The van der Waals surface area contributed by atoms with Crippen LogP contribution >= 0.6 is 0 Å². The lowest BCUT2D eigenvalue weighted by Crippen LogP contribution is -2.48. The summed E-state index contributed by atoms with van der Waals surface area (Å²) in [7, 11) is 0. The van der Waals surface area contributed by atoms with Crippen LogP contribution in [0.1, 0.15) is 17.0 Å². The lowest BCUT2D eigenvalue weighted by molar-refractivity contribution is 0.266. The molecule has 1 aliphatic heterocycles. The quantitative estimate of drug-likeness (QED) is 0.887. The van der Waals surface area contributed by atoms with Crippen molar-refractivity contribution in [1.82, 2.24) is 19.9 Å². The summed E-state index contributed by atoms with van der Waals surface area (Å²) in [5, 5.41) is 12.7. The molecule has 3 heterocycles. The fourth-order valence-corrected chi connectivity index (χ4v) is 3.08. The normalized spacial score (nSPS) is 15.0. The molecule has 130 valence electrons. The smallest absolute Gasteiger partial charge is 0.225 e. The van der Waals surface area contributed by atoms with Crippen LogP contribution in [0, 0.1) is 25.2 Å². The molecule has 25 heavy (non-hydrogen) atoms. The highest BCUT2D eigenvalue weighted by molar-refractivity contribution is 5.59. The predicted octanol–water partition coefficient (Wildman–Crippen LogP) is 1.59. The van der Waals surface area contributed by atoms with Crippen molar-refractivity contribution in [2.24, 2.45) is 0 Å². The van der Waals surface area contributed by atoms with Gasteiger partial charge < -0.3 is 10.2 Å². The predicted molar refractivity (Wildman–Crippen MR) is 97.6 cm³/mol. The average molecular weight is 337 g/mol.